The largest absolute Gasteiger partial charge is 0.481 e. The summed E-state index contributed by atoms with van der Waals surface area (Å²) in [7, 11) is 0. The van der Waals surface area contributed by atoms with Crippen molar-refractivity contribution < 1.29 is 9.90 Å². The molecule has 0 aliphatic carbocycles. The summed E-state index contributed by atoms with van der Waals surface area (Å²) in [6.07, 6.45) is 0.852. The van der Waals surface area contributed by atoms with Crippen molar-refractivity contribution >= 4 is 29.1 Å². The first-order valence-electron chi connectivity index (χ1n) is 3.39. The highest BCUT2D eigenvalue weighted by molar-refractivity contribution is 8.01. The van der Waals surface area contributed by atoms with E-state index in [4.69, 9.17) is 5.11 Å². The van der Waals surface area contributed by atoms with Gasteiger partial charge in [-0.1, -0.05) is 30.0 Å². The van der Waals surface area contributed by atoms with Gasteiger partial charge in [-0.2, -0.15) is 0 Å². The summed E-state index contributed by atoms with van der Waals surface area (Å²) in [5.74, 6) is -0.772. The van der Waals surface area contributed by atoms with Crippen molar-refractivity contribution in [3.8, 4) is 0 Å². The van der Waals surface area contributed by atoms with E-state index in [1.165, 1.54) is 23.1 Å². The number of aliphatic carboxylic acids is 1. The Morgan fingerprint density at radius 1 is 1.67 bits per heavy atom. The van der Waals surface area contributed by atoms with Crippen LogP contribution in [-0.4, -0.2) is 27.0 Å². The molecule has 1 rings (SSSR count). The normalized spacial score (nSPS) is 10.1. The van der Waals surface area contributed by atoms with Gasteiger partial charge >= 0.3 is 5.97 Å². The number of hydrogen-bond donors (Lipinski definition) is 1. The minimum atomic E-state index is -0.826. The van der Waals surface area contributed by atoms with Crippen molar-refractivity contribution in [1.29, 1.82) is 0 Å². The SMILES string of the molecule is CCc1nnc(SCC(=O)O)s1. The van der Waals surface area contributed by atoms with Crippen LogP contribution in [-0.2, 0) is 11.2 Å². The Balaban J connectivity index is 2.47. The van der Waals surface area contributed by atoms with Gasteiger partial charge in [0.05, 0.1) is 5.75 Å². The molecule has 0 aliphatic rings. The summed E-state index contributed by atoms with van der Waals surface area (Å²) < 4.78 is 0.731. The second-order valence-electron chi connectivity index (χ2n) is 2.00. The smallest absolute Gasteiger partial charge is 0.313 e. The average Bonchev–Trinajstić information content (AvgIpc) is 2.48. The number of carbonyl (C=O) groups is 1. The molecule has 1 heterocycles. The maximum absolute atomic E-state index is 10.2. The molecule has 12 heavy (non-hydrogen) atoms. The molecule has 0 spiro atoms. The van der Waals surface area contributed by atoms with Crippen LogP contribution in [0.25, 0.3) is 0 Å². The van der Waals surface area contributed by atoms with Crippen LogP contribution in [0.15, 0.2) is 4.34 Å². The Bertz CT molecular complexity index is 274. The molecule has 66 valence electrons. The van der Waals surface area contributed by atoms with Gasteiger partial charge in [0.25, 0.3) is 0 Å². The maximum atomic E-state index is 10.2. The lowest BCUT2D eigenvalue weighted by atomic mass is 10.5. The average molecular weight is 204 g/mol. The highest BCUT2D eigenvalue weighted by atomic mass is 32.2. The quantitative estimate of drug-likeness (QED) is 0.748. The molecule has 1 aromatic rings. The number of rotatable bonds is 4. The topological polar surface area (TPSA) is 63.1 Å². The third-order valence-corrected chi connectivity index (χ3v) is 3.26. The Morgan fingerprint density at radius 3 is 2.92 bits per heavy atom. The lowest BCUT2D eigenvalue weighted by molar-refractivity contribution is -0.133. The van der Waals surface area contributed by atoms with E-state index in [2.05, 4.69) is 10.2 Å². The number of carboxylic acid groups (broad SMARTS) is 1. The molecule has 0 atom stereocenters. The molecular formula is C6H8N2O2S2. The third-order valence-electron chi connectivity index (χ3n) is 1.07. The fourth-order valence-corrected chi connectivity index (χ4v) is 2.12. The van der Waals surface area contributed by atoms with E-state index >= 15 is 0 Å². The van der Waals surface area contributed by atoms with Crippen LogP contribution in [0.3, 0.4) is 0 Å². The van der Waals surface area contributed by atoms with Crippen LogP contribution in [0.1, 0.15) is 11.9 Å². The van der Waals surface area contributed by atoms with E-state index < -0.39 is 5.97 Å². The number of thioether (sulfide) groups is 1. The van der Waals surface area contributed by atoms with Crippen molar-refractivity contribution in [3.63, 3.8) is 0 Å². The molecule has 1 aromatic heterocycles. The molecule has 0 radical (unpaired) electrons. The molecule has 0 bridgehead atoms. The van der Waals surface area contributed by atoms with Gasteiger partial charge in [0.15, 0.2) is 4.34 Å². The van der Waals surface area contributed by atoms with E-state index in [9.17, 15) is 4.79 Å². The van der Waals surface area contributed by atoms with E-state index in [0.717, 1.165) is 15.8 Å². The summed E-state index contributed by atoms with van der Waals surface area (Å²) in [6.45, 7) is 1.99. The molecule has 0 unspecified atom stereocenters. The number of aryl methyl sites for hydroxylation is 1. The van der Waals surface area contributed by atoms with E-state index in [0.29, 0.717) is 0 Å². The standard InChI is InChI=1S/C6H8N2O2S2/c1-2-4-7-8-6(12-4)11-3-5(9)10/h2-3H2,1H3,(H,9,10). The van der Waals surface area contributed by atoms with E-state index in [-0.39, 0.29) is 5.75 Å². The van der Waals surface area contributed by atoms with Crippen LogP contribution in [0, 0.1) is 0 Å². The molecule has 4 nitrogen and oxygen atoms in total. The summed E-state index contributed by atoms with van der Waals surface area (Å²) in [5, 5.41) is 17.0. The summed E-state index contributed by atoms with van der Waals surface area (Å²) in [5.41, 5.74) is 0. The molecule has 0 amide bonds. The zero-order valence-electron chi connectivity index (χ0n) is 6.48. The summed E-state index contributed by atoms with van der Waals surface area (Å²) in [6, 6.07) is 0. The number of nitrogens with zero attached hydrogens (tertiary/aromatic N) is 2. The molecule has 0 saturated heterocycles. The van der Waals surface area contributed by atoms with Crippen molar-refractivity contribution in [2.75, 3.05) is 5.75 Å². The lowest BCUT2D eigenvalue weighted by Crippen LogP contribution is -1.96. The Morgan fingerprint density at radius 2 is 2.42 bits per heavy atom. The Kier molecular flexibility index (Phi) is 3.48. The molecule has 0 fully saturated rings. The van der Waals surface area contributed by atoms with Crippen LogP contribution >= 0.6 is 23.1 Å². The minimum absolute atomic E-state index is 0.0539. The van der Waals surface area contributed by atoms with Gasteiger partial charge in [-0.15, -0.1) is 10.2 Å². The predicted molar refractivity (Wildman–Crippen MR) is 47.6 cm³/mol. The Hall–Kier alpha value is -0.620. The van der Waals surface area contributed by atoms with Crippen LogP contribution in [0.2, 0.25) is 0 Å². The fourth-order valence-electron chi connectivity index (χ4n) is 0.563. The second kappa shape index (κ2) is 4.42. The maximum Gasteiger partial charge on any atom is 0.313 e. The first-order chi connectivity index (χ1) is 5.72. The van der Waals surface area contributed by atoms with Gasteiger partial charge in [0.1, 0.15) is 5.01 Å². The predicted octanol–water partition coefficient (Wildman–Crippen LogP) is 1.28. The van der Waals surface area contributed by atoms with E-state index in [1.807, 2.05) is 6.92 Å². The second-order valence-corrected chi connectivity index (χ2v) is 4.28. The Labute approximate surface area is 78.0 Å². The first kappa shape index (κ1) is 9.47. The lowest BCUT2D eigenvalue weighted by Gasteiger charge is -1.87. The summed E-state index contributed by atoms with van der Waals surface area (Å²) >= 11 is 2.66. The van der Waals surface area contributed by atoms with Gasteiger partial charge in [-0.25, -0.2) is 0 Å². The van der Waals surface area contributed by atoms with Gasteiger partial charge in [0.2, 0.25) is 0 Å². The van der Waals surface area contributed by atoms with Gasteiger partial charge in [-0.05, 0) is 6.42 Å². The van der Waals surface area contributed by atoms with Gasteiger partial charge in [0, 0.05) is 0 Å². The number of aromatic nitrogens is 2. The molecular weight excluding hydrogens is 196 g/mol. The van der Waals surface area contributed by atoms with Gasteiger partial charge in [-0.3, -0.25) is 4.79 Å². The van der Waals surface area contributed by atoms with Crippen LogP contribution < -0.4 is 0 Å². The molecule has 6 heteroatoms. The molecule has 0 aromatic carbocycles. The zero-order valence-corrected chi connectivity index (χ0v) is 8.11. The highest BCUT2D eigenvalue weighted by Gasteiger charge is 2.04. The minimum Gasteiger partial charge on any atom is -0.481 e. The molecule has 0 saturated carbocycles. The molecule has 0 aliphatic heterocycles. The third kappa shape index (κ3) is 2.78. The monoisotopic (exact) mass is 204 g/mol. The van der Waals surface area contributed by atoms with E-state index in [1.54, 1.807) is 0 Å². The molecule has 1 N–H and O–H groups in total. The highest BCUT2D eigenvalue weighted by Crippen LogP contribution is 2.21. The summed E-state index contributed by atoms with van der Waals surface area (Å²) in [4.78, 5) is 10.2. The zero-order chi connectivity index (χ0) is 8.97. The van der Waals surface area contributed by atoms with Gasteiger partial charge < -0.3 is 5.11 Å². The van der Waals surface area contributed by atoms with Crippen LogP contribution in [0.4, 0.5) is 0 Å². The first-order valence-corrected chi connectivity index (χ1v) is 5.19. The van der Waals surface area contributed by atoms with Crippen LogP contribution in [0.5, 0.6) is 0 Å². The van der Waals surface area contributed by atoms with Crippen molar-refractivity contribution in [1.82, 2.24) is 10.2 Å². The van der Waals surface area contributed by atoms with Crippen molar-refractivity contribution in [2.45, 2.75) is 17.7 Å². The van der Waals surface area contributed by atoms with Crippen molar-refractivity contribution in [3.05, 3.63) is 5.01 Å². The number of carboxylic acids is 1. The number of hydrogen-bond acceptors (Lipinski definition) is 5. The van der Waals surface area contributed by atoms with Crippen molar-refractivity contribution in [2.24, 2.45) is 0 Å². The fraction of sp³-hybridized carbons (Fsp3) is 0.500.